The average Bonchev–Trinajstić information content (AvgIpc) is 3.24. The van der Waals surface area contributed by atoms with Gasteiger partial charge in [-0.3, -0.25) is 47.9 Å². The van der Waals surface area contributed by atoms with E-state index in [2.05, 4.69) is 42.5 Å². The predicted molar refractivity (Wildman–Crippen MR) is 246 cm³/mol. The number of aliphatic hydroxyl groups is 1. The maximum Gasteiger partial charge on any atom is 0.326 e. The summed E-state index contributed by atoms with van der Waals surface area (Å²) in [5.41, 5.74) is 11.2. The number of amides is 10. The molecule has 0 saturated carbocycles. The van der Waals surface area contributed by atoms with Crippen LogP contribution in [0, 0.1) is 11.8 Å². The summed E-state index contributed by atoms with van der Waals surface area (Å²) in [7, 11) is 0. The first-order valence-corrected chi connectivity index (χ1v) is 23.2. The molecule has 24 heteroatoms. The van der Waals surface area contributed by atoms with E-state index in [1.54, 1.807) is 64.3 Å². The zero-order chi connectivity index (χ0) is 51.0. The van der Waals surface area contributed by atoms with E-state index in [0.29, 0.717) is 17.7 Å². The van der Waals surface area contributed by atoms with E-state index >= 15 is 0 Å². The summed E-state index contributed by atoms with van der Waals surface area (Å²) in [5, 5.41) is 39.9. The van der Waals surface area contributed by atoms with E-state index < -0.39 is 132 Å². The van der Waals surface area contributed by atoms with Gasteiger partial charge in [0.25, 0.3) is 0 Å². The minimum Gasteiger partial charge on any atom is -0.480 e. The number of aliphatic hydroxyl groups excluding tert-OH is 1. The fourth-order valence-corrected chi connectivity index (χ4v) is 6.88. The molecule has 0 spiro atoms. The van der Waals surface area contributed by atoms with Gasteiger partial charge in [-0.15, -0.1) is 0 Å². The van der Waals surface area contributed by atoms with Gasteiger partial charge < -0.3 is 64.2 Å². The van der Waals surface area contributed by atoms with Crippen LogP contribution in [0.5, 0.6) is 0 Å². The lowest BCUT2D eigenvalue weighted by atomic mass is 9.97. The van der Waals surface area contributed by atoms with Crippen LogP contribution in [-0.2, 0) is 59.2 Å². The van der Waals surface area contributed by atoms with Gasteiger partial charge in [-0.05, 0) is 55.6 Å². The highest BCUT2D eigenvalue weighted by Crippen LogP contribution is 2.12. The van der Waals surface area contributed by atoms with Crippen LogP contribution in [0.1, 0.15) is 85.6 Å². The summed E-state index contributed by atoms with van der Waals surface area (Å²) in [6, 6.07) is -1.52. The first kappa shape index (κ1) is 58.7. The summed E-state index contributed by atoms with van der Waals surface area (Å²) in [4.78, 5) is 141. The molecule has 0 aliphatic heterocycles. The van der Waals surface area contributed by atoms with Crippen molar-refractivity contribution in [3.05, 3.63) is 35.9 Å². The lowest BCUT2D eigenvalue weighted by Gasteiger charge is -2.28. The van der Waals surface area contributed by atoms with Gasteiger partial charge in [0.05, 0.1) is 19.1 Å². The molecule has 0 aliphatic rings. The van der Waals surface area contributed by atoms with Crippen LogP contribution >= 0.6 is 11.8 Å². The fraction of sp³-hybridized carbons (Fsp3) is 0.605. The maximum atomic E-state index is 13.7. The monoisotopic (exact) mass is 964 g/mol. The third-order valence-electron chi connectivity index (χ3n) is 10.2. The molecule has 0 bridgehead atoms. The zero-order valence-corrected chi connectivity index (χ0v) is 39.8. The van der Waals surface area contributed by atoms with Crippen molar-refractivity contribution in [2.24, 2.45) is 23.3 Å². The predicted octanol–water partition coefficient (Wildman–Crippen LogP) is -2.79. The SMILES string of the molecule is CC[C@H](C)[C@H](NC(=O)[C@H](CCC(N)=O)NC(C)=O)C(=O)NCC(=O)N[C@@H](CCSC)C(=O)N[C@H](C(=O)N[C@@H](CC(C)C)C(=O)N[C@@H](CC(N)=O)C(=O)N[C@@H](Cc1ccccc1)C(=O)O)[C@@H](C)O. The molecule has 1 aromatic rings. The molecule has 0 saturated heterocycles. The second-order valence-corrected chi connectivity index (χ2v) is 17.5. The number of carbonyl (C=O) groups excluding carboxylic acids is 10. The minimum atomic E-state index is -1.70. The number of hydrogen-bond donors (Lipinski definition) is 12. The van der Waals surface area contributed by atoms with Crippen LogP contribution in [0.4, 0.5) is 0 Å². The molecule has 1 aromatic carbocycles. The number of primary amides is 2. The van der Waals surface area contributed by atoms with Crippen molar-refractivity contribution >= 4 is 76.8 Å². The fourth-order valence-electron chi connectivity index (χ4n) is 6.41. The van der Waals surface area contributed by atoms with Gasteiger partial charge >= 0.3 is 5.97 Å². The number of carboxylic acid groups (broad SMARTS) is 1. The molecule has 10 amide bonds. The Morgan fingerprint density at radius 2 is 1.18 bits per heavy atom. The topological polar surface area (TPSA) is 377 Å². The van der Waals surface area contributed by atoms with Crippen LogP contribution in [0.2, 0.25) is 0 Å². The number of nitrogens with two attached hydrogens (primary N) is 2. The van der Waals surface area contributed by atoms with Gasteiger partial charge in [0, 0.05) is 19.8 Å². The summed E-state index contributed by atoms with van der Waals surface area (Å²) in [6.45, 7) is 8.57. The summed E-state index contributed by atoms with van der Waals surface area (Å²) < 4.78 is 0. The molecular formula is C43H68N10O13S. The minimum absolute atomic E-state index is 0.0258. The number of aliphatic carboxylic acids is 1. The lowest BCUT2D eigenvalue weighted by Crippen LogP contribution is -2.61. The van der Waals surface area contributed by atoms with E-state index in [1.807, 2.05) is 0 Å². The number of nitrogens with one attached hydrogen (secondary N) is 8. The second kappa shape index (κ2) is 30.1. The van der Waals surface area contributed by atoms with E-state index in [-0.39, 0.29) is 38.0 Å². The van der Waals surface area contributed by atoms with Crippen LogP contribution in [-0.4, -0.2) is 142 Å². The molecule has 374 valence electrons. The van der Waals surface area contributed by atoms with Crippen molar-refractivity contribution in [3.63, 3.8) is 0 Å². The number of carboxylic acids is 1. The summed E-state index contributed by atoms with van der Waals surface area (Å²) >= 11 is 1.33. The highest BCUT2D eigenvalue weighted by molar-refractivity contribution is 7.98. The summed E-state index contributed by atoms with van der Waals surface area (Å²) in [5.74, 6) is -10.4. The smallest absolute Gasteiger partial charge is 0.326 e. The molecule has 9 atom stereocenters. The van der Waals surface area contributed by atoms with Gasteiger partial charge in [0.15, 0.2) is 0 Å². The molecule has 23 nitrogen and oxygen atoms in total. The first-order valence-electron chi connectivity index (χ1n) is 21.8. The molecule has 0 aliphatic carbocycles. The van der Waals surface area contributed by atoms with Gasteiger partial charge in [-0.1, -0.05) is 64.4 Å². The Labute approximate surface area is 394 Å². The van der Waals surface area contributed by atoms with Crippen LogP contribution in [0.15, 0.2) is 30.3 Å². The Bertz CT molecular complexity index is 1890. The molecule has 0 heterocycles. The van der Waals surface area contributed by atoms with Crippen LogP contribution in [0.25, 0.3) is 0 Å². The molecule has 0 unspecified atom stereocenters. The van der Waals surface area contributed by atoms with E-state index in [9.17, 15) is 63.0 Å². The normalized spacial score (nSPS) is 15.0. The zero-order valence-electron chi connectivity index (χ0n) is 39.0. The van der Waals surface area contributed by atoms with Crippen molar-refractivity contribution in [2.45, 2.75) is 135 Å². The van der Waals surface area contributed by atoms with Crippen molar-refractivity contribution in [3.8, 4) is 0 Å². The molecule has 14 N–H and O–H groups in total. The largest absolute Gasteiger partial charge is 0.480 e. The van der Waals surface area contributed by atoms with Crippen molar-refractivity contribution in [1.82, 2.24) is 42.5 Å². The Kier molecular flexibility index (Phi) is 26.4. The molecule has 0 aromatic heterocycles. The third kappa shape index (κ3) is 22.6. The number of rotatable bonds is 31. The van der Waals surface area contributed by atoms with Gasteiger partial charge in [0.2, 0.25) is 59.1 Å². The molecular weight excluding hydrogens is 897 g/mol. The first-order chi connectivity index (χ1) is 31.4. The standard InChI is InChI=1S/C43H68N10O13S/c1-8-23(4)35(52-37(59)27(47-25(6)55)14-15-32(44)56)41(63)46-21-34(58)48-28(16-17-67-7)38(60)53-36(24(5)54)42(64)50-29(18-22(2)3)39(61)49-30(20-33(45)57)40(62)51-31(43(65)66)19-26-12-10-9-11-13-26/h9-13,22-24,27-31,35-36,54H,8,14-21H2,1-7H3,(H2,44,56)(H2,45,57)(H,46,63)(H,47,55)(H,48,58)(H,49,61)(H,50,64)(H,51,62)(H,52,59)(H,53,60)(H,65,66)/t23-,24+,27-,28-,29-,30-,31-,35-,36-/m0/s1. The Morgan fingerprint density at radius 1 is 0.642 bits per heavy atom. The number of thioether (sulfide) groups is 1. The van der Waals surface area contributed by atoms with Gasteiger partial charge in [-0.25, -0.2) is 4.79 Å². The number of carbonyl (C=O) groups is 11. The molecule has 0 fully saturated rings. The third-order valence-corrected chi connectivity index (χ3v) is 10.8. The highest BCUT2D eigenvalue weighted by Gasteiger charge is 2.36. The lowest BCUT2D eigenvalue weighted by molar-refractivity contribution is -0.142. The maximum absolute atomic E-state index is 13.7. The van der Waals surface area contributed by atoms with Gasteiger partial charge in [-0.2, -0.15) is 11.8 Å². The Balaban J connectivity index is 3.19. The second-order valence-electron chi connectivity index (χ2n) is 16.5. The quantitative estimate of drug-likeness (QED) is 0.0358. The number of hydrogen-bond acceptors (Lipinski definition) is 13. The average molecular weight is 965 g/mol. The number of benzene rings is 1. The summed E-state index contributed by atoms with van der Waals surface area (Å²) in [6.07, 6.45) is -0.640. The van der Waals surface area contributed by atoms with Crippen molar-refractivity contribution in [2.75, 3.05) is 18.6 Å². The Hall–Kier alpha value is -6.30. The van der Waals surface area contributed by atoms with E-state index in [1.165, 1.54) is 25.6 Å². The Morgan fingerprint density at radius 3 is 1.69 bits per heavy atom. The van der Waals surface area contributed by atoms with Gasteiger partial charge in [0.1, 0.15) is 42.3 Å². The van der Waals surface area contributed by atoms with Crippen molar-refractivity contribution < 1.29 is 63.0 Å². The molecule has 1 rings (SSSR count). The molecule has 67 heavy (non-hydrogen) atoms. The van der Waals surface area contributed by atoms with E-state index in [0.717, 1.165) is 0 Å². The van der Waals surface area contributed by atoms with Crippen LogP contribution in [0.3, 0.4) is 0 Å². The molecule has 0 radical (unpaired) electrons. The van der Waals surface area contributed by atoms with Crippen molar-refractivity contribution in [1.29, 1.82) is 0 Å². The van der Waals surface area contributed by atoms with Crippen LogP contribution < -0.4 is 54.0 Å². The highest BCUT2D eigenvalue weighted by atomic mass is 32.2. The van der Waals surface area contributed by atoms with E-state index in [4.69, 9.17) is 11.5 Å².